The van der Waals surface area contributed by atoms with E-state index in [4.69, 9.17) is 4.74 Å². The average molecular weight is 521 g/mol. The summed E-state index contributed by atoms with van der Waals surface area (Å²) in [4.78, 5) is 12.4. The second-order valence-electron chi connectivity index (χ2n) is 7.08. The standard InChI is InChI=1S/C23H22BrFN2O4S/c1-32(29,30)27(21-10-6-19(24)7-11-21)15-23(28)26-14-17-4-12-22(13-5-17)31-16-18-2-8-20(25)9-3-18/h2-13H,14-16H2,1H3,(H,26,28). The first kappa shape index (κ1) is 23.7. The van der Waals surface area contributed by atoms with E-state index in [1.54, 1.807) is 48.5 Å². The van der Waals surface area contributed by atoms with Gasteiger partial charge in [0.05, 0.1) is 11.9 Å². The quantitative estimate of drug-likeness (QED) is 0.457. The Hall–Kier alpha value is -2.91. The van der Waals surface area contributed by atoms with Gasteiger partial charge in [-0.1, -0.05) is 40.2 Å². The Labute approximate surface area is 195 Å². The molecule has 0 aliphatic carbocycles. The van der Waals surface area contributed by atoms with Gasteiger partial charge in [-0.05, 0) is 59.7 Å². The number of hydrogen-bond acceptors (Lipinski definition) is 4. The van der Waals surface area contributed by atoms with Gasteiger partial charge in [-0.2, -0.15) is 0 Å². The minimum atomic E-state index is -3.63. The van der Waals surface area contributed by atoms with E-state index >= 15 is 0 Å². The van der Waals surface area contributed by atoms with Crippen LogP contribution < -0.4 is 14.4 Å². The molecular formula is C23H22BrFN2O4S. The first-order valence-electron chi connectivity index (χ1n) is 9.67. The van der Waals surface area contributed by atoms with Crippen molar-refractivity contribution < 1.29 is 22.3 Å². The van der Waals surface area contributed by atoms with Crippen LogP contribution in [0.15, 0.2) is 77.3 Å². The zero-order chi connectivity index (χ0) is 23.1. The zero-order valence-electron chi connectivity index (χ0n) is 17.3. The van der Waals surface area contributed by atoms with Crippen molar-refractivity contribution in [2.45, 2.75) is 13.2 Å². The summed E-state index contributed by atoms with van der Waals surface area (Å²) in [6.45, 7) is 0.238. The predicted octanol–water partition coefficient (Wildman–Crippen LogP) is 4.25. The summed E-state index contributed by atoms with van der Waals surface area (Å²) < 4.78 is 44.8. The van der Waals surface area contributed by atoms with Gasteiger partial charge in [-0.15, -0.1) is 0 Å². The molecule has 32 heavy (non-hydrogen) atoms. The normalized spacial score (nSPS) is 11.1. The van der Waals surface area contributed by atoms with E-state index in [0.29, 0.717) is 18.0 Å². The topological polar surface area (TPSA) is 75.7 Å². The third kappa shape index (κ3) is 7.06. The maximum Gasteiger partial charge on any atom is 0.241 e. The van der Waals surface area contributed by atoms with Crippen LogP contribution in [-0.2, 0) is 28.0 Å². The van der Waals surface area contributed by atoms with E-state index in [0.717, 1.165) is 26.2 Å². The molecule has 0 saturated heterocycles. The third-order valence-electron chi connectivity index (χ3n) is 4.53. The largest absolute Gasteiger partial charge is 0.489 e. The SMILES string of the molecule is CS(=O)(=O)N(CC(=O)NCc1ccc(OCc2ccc(F)cc2)cc1)c1ccc(Br)cc1. The lowest BCUT2D eigenvalue weighted by molar-refractivity contribution is -0.119. The van der Waals surface area contributed by atoms with Crippen LogP contribution in [0.25, 0.3) is 0 Å². The van der Waals surface area contributed by atoms with E-state index in [-0.39, 0.29) is 18.9 Å². The van der Waals surface area contributed by atoms with Crippen LogP contribution in [0, 0.1) is 5.82 Å². The molecule has 3 aromatic rings. The minimum Gasteiger partial charge on any atom is -0.489 e. The van der Waals surface area contributed by atoms with Gasteiger partial charge in [0, 0.05) is 11.0 Å². The van der Waals surface area contributed by atoms with Crippen molar-refractivity contribution in [1.29, 1.82) is 0 Å². The molecule has 6 nitrogen and oxygen atoms in total. The molecule has 3 rings (SSSR count). The fourth-order valence-corrected chi connectivity index (χ4v) is 3.97. The van der Waals surface area contributed by atoms with Gasteiger partial charge in [0.1, 0.15) is 24.7 Å². The van der Waals surface area contributed by atoms with Crippen LogP contribution in [0.5, 0.6) is 5.75 Å². The second-order valence-corrected chi connectivity index (χ2v) is 9.90. The number of anilines is 1. The van der Waals surface area contributed by atoms with Crippen LogP contribution in [0.4, 0.5) is 10.1 Å². The molecule has 3 aromatic carbocycles. The summed E-state index contributed by atoms with van der Waals surface area (Å²) in [5.74, 6) is -0.0745. The highest BCUT2D eigenvalue weighted by Crippen LogP contribution is 2.20. The number of benzene rings is 3. The summed E-state index contributed by atoms with van der Waals surface area (Å²) in [7, 11) is -3.63. The highest BCUT2D eigenvalue weighted by Gasteiger charge is 2.20. The predicted molar refractivity (Wildman–Crippen MR) is 125 cm³/mol. The van der Waals surface area contributed by atoms with Gasteiger partial charge in [0.25, 0.3) is 0 Å². The molecule has 0 spiro atoms. The van der Waals surface area contributed by atoms with Crippen molar-refractivity contribution >= 4 is 37.5 Å². The maximum atomic E-state index is 12.9. The van der Waals surface area contributed by atoms with Crippen molar-refractivity contribution in [3.8, 4) is 5.75 Å². The number of carbonyl (C=O) groups is 1. The zero-order valence-corrected chi connectivity index (χ0v) is 19.7. The second kappa shape index (κ2) is 10.6. The Morgan fingerprint density at radius 2 is 1.56 bits per heavy atom. The Balaban J connectivity index is 1.53. The van der Waals surface area contributed by atoms with Crippen molar-refractivity contribution in [2.24, 2.45) is 0 Å². The Kier molecular flexibility index (Phi) is 7.87. The van der Waals surface area contributed by atoms with Crippen LogP contribution >= 0.6 is 15.9 Å². The molecule has 0 saturated carbocycles. The highest BCUT2D eigenvalue weighted by molar-refractivity contribution is 9.10. The molecular weight excluding hydrogens is 499 g/mol. The number of sulfonamides is 1. The Bertz CT molecular complexity index is 1150. The van der Waals surface area contributed by atoms with E-state index in [1.807, 2.05) is 12.1 Å². The number of nitrogens with zero attached hydrogens (tertiary/aromatic N) is 1. The fourth-order valence-electron chi connectivity index (χ4n) is 2.85. The van der Waals surface area contributed by atoms with Crippen LogP contribution in [0.3, 0.4) is 0 Å². The average Bonchev–Trinajstić information content (AvgIpc) is 2.76. The fraction of sp³-hybridized carbons (Fsp3) is 0.174. The van der Waals surface area contributed by atoms with Gasteiger partial charge >= 0.3 is 0 Å². The minimum absolute atomic E-state index is 0.245. The lowest BCUT2D eigenvalue weighted by Crippen LogP contribution is -2.40. The Morgan fingerprint density at radius 1 is 0.969 bits per heavy atom. The lowest BCUT2D eigenvalue weighted by Gasteiger charge is -2.22. The van der Waals surface area contributed by atoms with Gasteiger partial charge in [0.15, 0.2) is 0 Å². The summed E-state index contributed by atoms with van der Waals surface area (Å²) in [6, 6.07) is 19.9. The van der Waals surface area contributed by atoms with E-state index in [9.17, 15) is 17.6 Å². The van der Waals surface area contributed by atoms with Gasteiger partial charge in [-0.25, -0.2) is 12.8 Å². The molecule has 0 fully saturated rings. The number of halogens is 2. The summed E-state index contributed by atoms with van der Waals surface area (Å²) in [5, 5.41) is 2.73. The molecule has 9 heteroatoms. The van der Waals surface area contributed by atoms with Crippen LogP contribution in [0.2, 0.25) is 0 Å². The molecule has 0 bridgehead atoms. The molecule has 0 aromatic heterocycles. The molecule has 0 radical (unpaired) electrons. The Morgan fingerprint density at radius 3 is 2.16 bits per heavy atom. The van der Waals surface area contributed by atoms with Crippen molar-refractivity contribution in [3.05, 3.63) is 94.2 Å². The first-order chi connectivity index (χ1) is 15.2. The number of hydrogen-bond donors (Lipinski definition) is 1. The van der Waals surface area contributed by atoms with E-state index in [2.05, 4.69) is 21.2 Å². The van der Waals surface area contributed by atoms with Gasteiger partial charge in [0.2, 0.25) is 15.9 Å². The number of amides is 1. The monoisotopic (exact) mass is 520 g/mol. The van der Waals surface area contributed by atoms with Gasteiger partial charge < -0.3 is 10.1 Å². The summed E-state index contributed by atoms with van der Waals surface area (Å²) in [6.07, 6.45) is 1.06. The van der Waals surface area contributed by atoms with E-state index < -0.39 is 15.9 Å². The van der Waals surface area contributed by atoms with Crippen LogP contribution in [0.1, 0.15) is 11.1 Å². The molecule has 0 atom stereocenters. The first-order valence-corrected chi connectivity index (χ1v) is 12.3. The molecule has 0 aliphatic rings. The number of carbonyl (C=O) groups excluding carboxylic acids is 1. The number of ether oxygens (including phenoxy) is 1. The third-order valence-corrected chi connectivity index (χ3v) is 6.20. The van der Waals surface area contributed by atoms with Crippen molar-refractivity contribution in [2.75, 3.05) is 17.1 Å². The van der Waals surface area contributed by atoms with Crippen LogP contribution in [-0.4, -0.2) is 27.1 Å². The molecule has 0 heterocycles. The molecule has 168 valence electrons. The molecule has 0 aliphatic heterocycles. The number of nitrogens with one attached hydrogen (secondary N) is 1. The van der Waals surface area contributed by atoms with Gasteiger partial charge in [-0.3, -0.25) is 9.10 Å². The smallest absolute Gasteiger partial charge is 0.241 e. The van der Waals surface area contributed by atoms with Crippen molar-refractivity contribution in [3.63, 3.8) is 0 Å². The number of rotatable bonds is 9. The molecule has 0 unspecified atom stereocenters. The lowest BCUT2D eigenvalue weighted by atomic mass is 10.2. The summed E-state index contributed by atoms with van der Waals surface area (Å²) >= 11 is 3.31. The highest BCUT2D eigenvalue weighted by atomic mass is 79.9. The summed E-state index contributed by atoms with van der Waals surface area (Å²) in [5.41, 5.74) is 2.10. The van der Waals surface area contributed by atoms with Crippen molar-refractivity contribution in [1.82, 2.24) is 5.32 Å². The maximum absolute atomic E-state index is 12.9. The molecule has 1 N–H and O–H groups in total. The van der Waals surface area contributed by atoms with E-state index in [1.165, 1.54) is 12.1 Å². The molecule has 1 amide bonds.